The van der Waals surface area contributed by atoms with Crippen LogP contribution in [-0.2, 0) is 6.54 Å². The summed E-state index contributed by atoms with van der Waals surface area (Å²) in [6, 6.07) is 4.87. The van der Waals surface area contributed by atoms with Gasteiger partial charge in [-0.05, 0) is 49.9 Å². The molecule has 2 rings (SSSR count). The molecule has 2 N–H and O–H groups in total. The molecular weight excluding hydrogens is 222 g/mol. The Morgan fingerprint density at radius 3 is 2.56 bits per heavy atom. The zero-order chi connectivity index (χ0) is 13.1. The summed E-state index contributed by atoms with van der Waals surface area (Å²) in [5, 5.41) is 3.50. The van der Waals surface area contributed by atoms with Gasteiger partial charge in [-0.2, -0.15) is 0 Å². The largest absolute Gasteiger partial charge is 0.348 e. The molecule has 0 saturated heterocycles. The van der Waals surface area contributed by atoms with Gasteiger partial charge in [0.25, 0.3) is 0 Å². The van der Waals surface area contributed by atoms with Crippen LogP contribution >= 0.6 is 0 Å². The van der Waals surface area contributed by atoms with Crippen LogP contribution in [0.1, 0.15) is 41.0 Å². The van der Waals surface area contributed by atoms with Crippen molar-refractivity contribution in [2.75, 3.05) is 0 Å². The summed E-state index contributed by atoms with van der Waals surface area (Å²) in [4.78, 5) is 7.32. The van der Waals surface area contributed by atoms with Crippen molar-refractivity contribution >= 4 is 0 Å². The van der Waals surface area contributed by atoms with E-state index in [4.69, 9.17) is 0 Å². The Balaban J connectivity index is 2.09. The lowest BCUT2D eigenvalue weighted by molar-refractivity contribution is 0.559. The topological polar surface area (TPSA) is 40.7 Å². The van der Waals surface area contributed by atoms with Gasteiger partial charge >= 0.3 is 0 Å². The minimum Gasteiger partial charge on any atom is -0.348 e. The average molecular weight is 243 g/mol. The van der Waals surface area contributed by atoms with E-state index in [-0.39, 0.29) is 0 Å². The van der Waals surface area contributed by atoms with Gasteiger partial charge in [0.05, 0.1) is 6.54 Å². The summed E-state index contributed by atoms with van der Waals surface area (Å²) in [6.07, 6.45) is 3.63. The number of aryl methyl sites for hydroxylation is 3. The SMILES string of the molecule is Cc1cc(C)c(C(C)NCc2ncc[nH]2)cc1C. The monoisotopic (exact) mass is 243 g/mol. The number of hydrogen-bond donors (Lipinski definition) is 2. The molecule has 0 aliphatic carbocycles. The number of imidazole rings is 1. The highest BCUT2D eigenvalue weighted by atomic mass is 15.0. The van der Waals surface area contributed by atoms with Gasteiger partial charge in [-0.25, -0.2) is 4.98 Å². The molecule has 0 amide bonds. The summed E-state index contributed by atoms with van der Waals surface area (Å²) >= 11 is 0. The van der Waals surface area contributed by atoms with Gasteiger partial charge in [0.1, 0.15) is 5.82 Å². The Bertz CT molecular complexity index is 515. The number of hydrogen-bond acceptors (Lipinski definition) is 2. The van der Waals surface area contributed by atoms with Gasteiger partial charge in [-0.15, -0.1) is 0 Å². The molecule has 1 atom stereocenters. The Morgan fingerprint density at radius 2 is 1.89 bits per heavy atom. The normalized spacial score (nSPS) is 12.7. The van der Waals surface area contributed by atoms with E-state index in [1.54, 1.807) is 6.20 Å². The van der Waals surface area contributed by atoms with Gasteiger partial charge in [-0.3, -0.25) is 0 Å². The van der Waals surface area contributed by atoms with Crippen molar-refractivity contribution in [1.29, 1.82) is 0 Å². The summed E-state index contributed by atoms with van der Waals surface area (Å²) in [5.74, 6) is 0.975. The minimum absolute atomic E-state index is 0.328. The van der Waals surface area contributed by atoms with Crippen LogP contribution in [0.5, 0.6) is 0 Å². The van der Waals surface area contributed by atoms with Crippen LogP contribution in [-0.4, -0.2) is 9.97 Å². The predicted molar refractivity (Wildman–Crippen MR) is 74.5 cm³/mol. The van der Waals surface area contributed by atoms with E-state index in [1.165, 1.54) is 22.3 Å². The van der Waals surface area contributed by atoms with Gasteiger partial charge in [-0.1, -0.05) is 12.1 Å². The first-order valence-electron chi connectivity index (χ1n) is 6.37. The molecule has 3 nitrogen and oxygen atoms in total. The Morgan fingerprint density at radius 1 is 1.17 bits per heavy atom. The standard InChI is InChI=1S/C15H21N3/c1-10-7-12(3)14(8-11(10)2)13(4)18-9-15-16-5-6-17-15/h5-8,13,18H,9H2,1-4H3,(H,16,17). The zero-order valence-electron chi connectivity index (χ0n) is 11.5. The van der Waals surface area contributed by atoms with E-state index in [9.17, 15) is 0 Å². The summed E-state index contributed by atoms with van der Waals surface area (Å²) < 4.78 is 0. The molecule has 0 spiro atoms. The maximum Gasteiger partial charge on any atom is 0.120 e. The molecule has 2 aromatic rings. The van der Waals surface area contributed by atoms with Crippen LogP contribution in [0, 0.1) is 20.8 Å². The second-order valence-electron chi connectivity index (χ2n) is 4.93. The number of aromatic nitrogens is 2. The smallest absolute Gasteiger partial charge is 0.120 e. The lowest BCUT2D eigenvalue weighted by Crippen LogP contribution is -2.19. The fourth-order valence-electron chi connectivity index (χ4n) is 2.20. The molecule has 1 aromatic heterocycles. The molecule has 0 aliphatic heterocycles. The first-order valence-corrected chi connectivity index (χ1v) is 6.37. The molecule has 1 unspecified atom stereocenters. The predicted octanol–water partition coefficient (Wildman–Crippen LogP) is 3.19. The van der Waals surface area contributed by atoms with Crippen molar-refractivity contribution < 1.29 is 0 Å². The van der Waals surface area contributed by atoms with E-state index in [1.807, 2.05) is 6.20 Å². The fraction of sp³-hybridized carbons (Fsp3) is 0.400. The van der Waals surface area contributed by atoms with Gasteiger partial charge in [0.15, 0.2) is 0 Å². The van der Waals surface area contributed by atoms with Crippen LogP contribution in [0.3, 0.4) is 0 Å². The lowest BCUT2D eigenvalue weighted by Gasteiger charge is -2.18. The van der Waals surface area contributed by atoms with Crippen LogP contribution in [0.25, 0.3) is 0 Å². The van der Waals surface area contributed by atoms with Crippen molar-refractivity contribution in [2.24, 2.45) is 0 Å². The molecule has 0 aliphatic rings. The number of nitrogens with one attached hydrogen (secondary N) is 2. The second-order valence-corrected chi connectivity index (χ2v) is 4.93. The van der Waals surface area contributed by atoms with Gasteiger partial charge < -0.3 is 10.3 Å². The fourth-order valence-corrected chi connectivity index (χ4v) is 2.20. The first kappa shape index (κ1) is 12.8. The number of H-pyrrole nitrogens is 1. The Hall–Kier alpha value is -1.61. The molecule has 0 radical (unpaired) electrons. The molecule has 3 heteroatoms. The third-order valence-electron chi connectivity index (χ3n) is 3.48. The van der Waals surface area contributed by atoms with Crippen LogP contribution in [0.15, 0.2) is 24.5 Å². The van der Waals surface area contributed by atoms with E-state index in [0.29, 0.717) is 6.04 Å². The summed E-state index contributed by atoms with van der Waals surface area (Å²) in [7, 11) is 0. The van der Waals surface area contributed by atoms with Gasteiger partial charge in [0, 0.05) is 18.4 Å². The molecule has 1 aromatic carbocycles. The Labute approximate surface area is 109 Å². The average Bonchev–Trinajstić information content (AvgIpc) is 2.84. The highest BCUT2D eigenvalue weighted by Gasteiger charge is 2.10. The second kappa shape index (κ2) is 5.36. The molecule has 96 valence electrons. The maximum absolute atomic E-state index is 4.22. The van der Waals surface area contributed by atoms with Crippen LogP contribution in [0.4, 0.5) is 0 Å². The van der Waals surface area contributed by atoms with Crippen molar-refractivity contribution in [2.45, 2.75) is 40.3 Å². The van der Waals surface area contributed by atoms with E-state index in [0.717, 1.165) is 12.4 Å². The quantitative estimate of drug-likeness (QED) is 0.866. The molecular formula is C15H21N3. The van der Waals surface area contributed by atoms with Crippen molar-refractivity contribution in [1.82, 2.24) is 15.3 Å². The highest BCUT2D eigenvalue weighted by Crippen LogP contribution is 2.21. The third kappa shape index (κ3) is 2.79. The number of nitrogens with zero attached hydrogens (tertiary/aromatic N) is 1. The highest BCUT2D eigenvalue weighted by molar-refractivity contribution is 5.38. The van der Waals surface area contributed by atoms with Crippen LogP contribution < -0.4 is 5.32 Å². The number of aromatic amines is 1. The molecule has 0 saturated carbocycles. The minimum atomic E-state index is 0.328. The van der Waals surface area contributed by atoms with E-state index in [2.05, 4.69) is 55.1 Å². The Kier molecular flexibility index (Phi) is 3.82. The maximum atomic E-state index is 4.22. The van der Waals surface area contributed by atoms with Crippen molar-refractivity contribution in [3.05, 3.63) is 52.6 Å². The number of benzene rings is 1. The molecule has 0 fully saturated rings. The van der Waals surface area contributed by atoms with E-state index >= 15 is 0 Å². The third-order valence-corrected chi connectivity index (χ3v) is 3.48. The van der Waals surface area contributed by atoms with Crippen LogP contribution in [0.2, 0.25) is 0 Å². The molecule has 18 heavy (non-hydrogen) atoms. The van der Waals surface area contributed by atoms with Gasteiger partial charge in [0.2, 0.25) is 0 Å². The first-order chi connectivity index (χ1) is 8.58. The van der Waals surface area contributed by atoms with Crippen molar-refractivity contribution in [3.63, 3.8) is 0 Å². The van der Waals surface area contributed by atoms with Crippen molar-refractivity contribution in [3.8, 4) is 0 Å². The summed E-state index contributed by atoms with van der Waals surface area (Å²) in [6.45, 7) is 9.46. The zero-order valence-corrected chi connectivity index (χ0v) is 11.5. The molecule has 1 heterocycles. The lowest BCUT2D eigenvalue weighted by atomic mass is 9.96. The van der Waals surface area contributed by atoms with E-state index < -0.39 is 0 Å². The summed E-state index contributed by atoms with van der Waals surface area (Å²) in [5.41, 5.74) is 5.42. The molecule has 0 bridgehead atoms. The number of rotatable bonds is 4.